The number of hydrogen-bond acceptors (Lipinski definition) is 4. The quantitative estimate of drug-likeness (QED) is 0.421. The summed E-state index contributed by atoms with van der Waals surface area (Å²) in [4.78, 5) is 43.3. The summed E-state index contributed by atoms with van der Waals surface area (Å²) in [5.74, 6) is -0.487. The molecule has 0 aliphatic carbocycles. The van der Waals surface area contributed by atoms with Gasteiger partial charge in [0.1, 0.15) is 5.69 Å². The third-order valence-corrected chi connectivity index (χ3v) is 5.79. The van der Waals surface area contributed by atoms with Gasteiger partial charge >= 0.3 is 6.03 Å². The summed E-state index contributed by atoms with van der Waals surface area (Å²) in [6.45, 7) is 2.07. The van der Waals surface area contributed by atoms with Gasteiger partial charge in [-0.3, -0.25) is 14.9 Å². The third kappa shape index (κ3) is 1.89. The first-order chi connectivity index (χ1) is 13.4. The van der Waals surface area contributed by atoms with E-state index in [1.54, 1.807) is 13.0 Å². The monoisotopic (exact) mass is 376 g/mol. The number of para-hydroxylation sites is 3. The van der Waals surface area contributed by atoms with E-state index in [4.69, 9.17) is 0 Å². The molecule has 28 heavy (non-hydrogen) atoms. The van der Waals surface area contributed by atoms with Crippen LogP contribution in [0.3, 0.4) is 0 Å². The number of amides is 3. The highest BCUT2D eigenvalue weighted by Crippen LogP contribution is 2.46. The van der Waals surface area contributed by atoms with E-state index in [9.17, 15) is 19.7 Å². The number of urea groups is 1. The number of fused-ring (bicyclic) bond motifs is 5. The number of benzene rings is 2. The van der Waals surface area contributed by atoms with E-state index in [-0.39, 0.29) is 11.4 Å². The summed E-state index contributed by atoms with van der Waals surface area (Å²) in [5.41, 5.74) is 1.09. The molecule has 1 saturated heterocycles. The molecule has 1 fully saturated rings. The van der Waals surface area contributed by atoms with Crippen molar-refractivity contribution in [3.8, 4) is 0 Å². The lowest BCUT2D eigenvalue weighted by atomic mass is 9.87. The molecule has 140 valence electrons. The van der Waals surface area contributed by atoms with Crippen LogP contribution in [-0.4, -0.2) is 33.3 Å². The van der Waals surface area contributed by atoms with Crippen molar-refractivity contribution in [2.75, 3.05) is 11.4 Å². The molecule has 1 atom stereocenters. The number of carbonyl (C=O) groups excluding carboxylic acids is 2. The Bertz CT molecular complexity index is 1180. The van der Waals surface area contributed by atoms with Crippen LogP contribution in [-0.2, 0) is 16.8 Å². The Morgan fingerprint density at radius 2 is 1.82 bits per heavy atom. The lowest BCUT2D eigenvalue weighted by Crippen LogP contribution is -2.49. The van der Waals surface area contributed by atoms with Gasteiger partial charge in [0.2, 0.25) is 0 Å². The van der Waals surface area contributed by atoms with Crippen molar-refractivity contribution in [2.24, 2.45) is 0 Å². The third-order valence-electron chi connectivity index (χ3n) is 5.79. The largest absolute Gasteiger partial charge is 0.356 e. The molecule has 5 rings (SSSR count). The zero-order chi connectivity index (χ0) is 19.6. The van der Waals surface area contributed by atoms with Crippen LogP contribution in [0.25, 0.3) is 10.9 Å². The molecule has 3 aromatic rings. The molecule has 0 radical (unpaired) electrons. The predicted octanol–water partition coefficient (Wildman–Crippen LogP) is 3.32. The standard InChI is InChI=1S/C20H16N4O4/c1-20-17-13(12-6-2-3-7-14(12)21-17)10-11-22(20)19(26)23(18(20)25)15-8-4-5-9-16(15)24(27)28/h2-9,21H,10-11H2,1H3/t20-/m0/s1. The first kappa shape index (κ1) is 16.5. The van der Waals surface area contributed by atoms with Gasteiger partial charge in [-0.25, -0.2) is 9.69 Å². The molecule has 0 spiro atoms. The summed E-state index contributed by atoms with van der Waals surface area (Å²) in [5, 5.41) is 12.5. The predicted molar refractivity (Wildman–Crippen MR) is 102 cm³/mol. The second kappa shape index (κ2) is 5.41. The number of carbonyl (C=O) groups is 2. The minimum absolute atomic E-state index is 0.00390. The molecule has 0 bridgehead atoms. The van der Waals surface area contributed by atoms with Crippen LogP contribution in [0.2, 0.25) is 0 Å². The Morgan fingerprint density at radius 3 is 2.61 bits per heavy atom. The summed E-state index contributed by atoms with van der Waals surface area (Å²) in [7, 11) is 0. The fraction of sp³-hybridized carbons (Fsp3) is 0.200. The van der Waals surface area contributed by atoms with Crippen molar-refractivity contribution < 1.29 is 14.5 Å². The van der Waals surface area contributed by atoms with Gasteiger partial charge in [0, 0.05) is 23.5 Å². The van der Waals surface area contributed by atoms with Gasteiger partial charge < -0.3 is 9.88 Å². The summed E-state index contributed by atoms with van der Waals surface area (Å²) in [6, 6.07) is 13.1. The maximum Gasteiger partial charge on any atom is 0.332 e. The number of nitro benzene ring substituents is 1. The smallest absolute Gasteiger partial charge is 0.332 e. The molecule has 2 aliphatic heterocycles. The Hall–Kier alpha value is -3.68. The highest BCUT2D eigenvalue weighted by molar-refractivity contribution is 6.24. The Kier molecular flexibility index (Phi) is 3.19. The maximum atomic E-state index is 13.5. The lowest BCUT2D eigenvalue weighted by Gasteiger charge is -2.35. The number of nitro groups is 1. The second-order valence-corrected chi connectivity index (χ2v) is 7.17. The van der Waals surface area contributed by atoms with Crippen LogP contribution in [0.4, 0.5) is 16.2 Å². The van der Waals surface area contributed by atoms with Crippen molar-refractivity contribution in [1.82, 2.24) is 9.88 Å². The Balaban J connectivity index is 1.71. The number of hydrogen-bond donors (Lipinski definition) is 1. The Labute approximate surface area is 159 Å². The van der Waals surface area contributed by atoms with E-state index in [0.717, 1.165) is 21.4 Å². The summed E-state index contributed by atoms with van der Waals surface area (Å²) >= 11 is 0. The molecule has 3 amide bonds. The number of nitrogens with one attached hydrogen (secondary N) is 1. The van der Waals surface area contributed by atoms with Gasteiger partial charge in [-0.15, -0.1) is 0 Å². The van der Waals surface area contributed by atoms with Crippen LogP contribution in [0.1, 0.15) is 18.2 Å². The van der Waals surface area contributed by atoms with E-state index >= 15 is 0 Å². The van der Waals surface area contributed by atoms with Crippen LogP contribution in [0.5, 0.6) is 0 Å². The van der Waals surface area contributed by atoms with Crippen LogP contribution in [0.15, 0.2) is 48.5 Å². The molecule has 0 saturated carbocycles. The molecule has 1 aromatic heterocycles. The van der Waals surface area contributed by atoms with Gasteiger partial charge in [0.15, 0.2) is 5.54 Å². The molecule has 3 heterocycles. The molecule has 0 unspecified atom stereocenters. The zero-order valence-electron chi connectivity index (χ0n) is 15.0. The number of aromatic nitrogens is 1. The molecule has 1 N–H and O–H groups in total. The number of rotatable bonds is 2. The highest BCUT2D eigenvalue weighted by atomic mass is 16.6. The molecule has 2 aromatic carbocycles. The van der Waals surface area contributed by atoms with E-state index in [2.05, 4.69) is 4.98 Å². The highest BCUT2D eigenvalue weighted by Gasteiger charge is 2.59. The molecule has 8 heteroatoms. The average molecular weight is 376 g/mol. The van der Waals surface area contributed by atoms with Crippen molar-refractivity contribution in [1.29, 1.82) is 0 Å². The normalized spacial score (nSPS) is 21.2. The zero-order valence-corrected chi connectivity index (χ0v) is 15.0. The number of H-pyrrole nitrogens is 1. The van der Waals surface area contributed by atoms with Gasteiger partial charge in [-0.05, 0) is 31.0 Å². The van der Waals surface area contributed by atoms with Crippen molar-refractivity contribution in [2.45, 2.75) is 18.9 Å². The maximum absolute atomic E-state index is 13.5. The molecular weight excluding hydrogens is 360 g/mol. The van der Waals surface area contributed by atoms with Gasteiger partial charge in [-0.2, -0.15) is 0 Å². The number of anilines is 1. The van der Waals surface area contributed by atoms with Crippen molar-refractivity contribution >= 4 is 34.2 Å². The Morgan fingerprint density at radius 1 is 1.11 bits per heavy atom. The van der Waals surface area contributed by atoms with Crippen LogP contribution < -0.4 is 4.90 Å². The summed E-state index contributed by atoms with van der Waals surface area (Å²) in [6.07, 6.45) is 0.610. The lowest BCUT2D eigenvalue weighted by molar-refractivity contribution is -0.384. The number of imide groups is 1. The molecular formula is C20H16N4O4. The SMILES string of the molecule is C[C@]12C(=O)N(c3ccccc3[N+](=O)[O-])C(=O)N1CCc1c2[nH]c2ccccc12. The van der Waals surface area contributed by atoms with E-state index in [1.807, 2.05) is 24.3 Å². The van der Waals surface area contributed by atoms with Gasteiger partial charge in [-0.1, -0.05) is 30.3 Å². The van der Waals surface area contributed by atoms with Gasteiger partial charge in [0.25, 0.3) is 11.6 Å². The minimum atomic E-state index is -1.23. The number of aromatic amines is 1. The fourth-order valence-electron chi connectivity index (χ4n) is 4.41. The van der Waals surface area contributed by atoms with Crippen molar-refractivity contribution in [3.05, 3.63) is 69.9 Å². The number of nitrogens with zero attached hydrogens (tertiary/aromatic N) is 3. The van der Waals surface area contributed by atoms with Crippen LogP contribution >= 0.6 is 0 Å². The second-order valence-electron chi connectivity index (χ2n) is 7.17. The molecule has 2 aliphatic rings. The van der Waals surface area contributed by atoms with E-state index in [0.29, 0.717) is 18.7 Å². The van der Waals surface area contributed by atoms with E-state index in [1.165, 1.54) is 23.1 Å². The first-order valence-corrected chi connectivity index (χ1v) is 8.94. The topological polar surface area (TPSA) is 99.6 Å². The van der Waals surface area contributed by atoms with Crippen LogP contribution in [0, 0.1) is 10.1 Å². The first-order valence-electron chi connectivity index (χ1n) is 8.94. The van der Waals surface area contributed by atoms with E-state index < -0.39 is 22.4 Å². The molecule has 8 nitrogen and oxygen atoms in total. The summed E-state index contributed by atoms with van der Waals surface area (Å²) < 4.78 is 0. The minimum Gasteiger partial charge on any atom is -0.356 e. The average Bonchev–Trinajstić information content (AvgIpc) is 3.16. The van der Waals surface area contributed by atoms with Crippen molar-refractivity contribution in [3.63, 3.8) is 0 Å². The fourth-order valence-corrected chi connectivity index (χ4v) is 4.41. The van der Waals surface area contributed by atoms with Gasteiger partial charge in [0.05, 0.1) is 10.6 Å².